The second-order valence-electron chi connectivity index (χ2n) is 3.57. The molecule has 0 radical (unpaired) electrons. The van der Waals surface area contributed by atoms with Crippen LogP contribution in [0, 0.1) is 0 Å². The van der Waals surface area contributed by atoms with Gasteiger partial charge in [-0.2, -0.15) is 0 Å². The van der Waals surface area contributed by atoms with Gasteiger partial charge in [0.2, 0.25) is 0 Å². The first-order valence-electron chi connectivity index (χ1n) is 4.94. The summed E-state index contributed by atoms with van der Waals surface area (Å²) >= 11 is 4.52. The fraction of sp³-hybridized carbons (Fsp3) is 0.182. The molecular formula is C11H10BrN3OS. The van der Waals surface area contributed by atoms with Crippen LogP contribution in [-0.2, 0) is 6.54 Å². The molecule has 1 aromatic carbocycles. The van der Waals surface area contributed by atoms with Gasteiger partial charge in [-0.3, -0.25) is 4.79 Å². The number of carbonyl (C=O) groups is 1. The van der Waals surface area contributed by atoms with E-state index in [0.29, 0.717) is 11.4 Å². The zero-order chi connectivity index (χ0) is 12.3. The van der Waals surface area contributed by atoms with Gasteiger partial charge in [0.1, 0.15) is 4.88 Å². The summed E-state index contributed by atoms with van der Waals surface area (Å²) in [6, 6.07) is 7.89. The summed E-state index contributed by atoms with van der Waals surface area (Å²) in [5.41, 5.74) is 1.08. The lowest BCUT2D eigenvalue weighted by molar-refractivity contribution is 0.0789. The predicted molar refractivity (Wildman–Crippen MR) is 69.8 cm³/mol. The minimum absolute atomic E-state index is 0.0556. The highest BCUT2D eigenvalue weighted by molar-refractivity contribution is 9.10. The molecule has 0 unspecified atom stereocenters. The first-order chi connectivity index (χ1) is 8.16. The molecule has 2 aromatic rings. The molecule has 0 fully saturated rings. The van der Waals surface area contributed by atoms with Crippen molar-refractivity contribution in [2.45, 2.75) is 6.54 Å². The van der Waals surface area contributed by atoms with Crippen LogP contribution in [0.25, 0.3) is 0 Å². The molecule has 88 valence electrons. The van der Waals surface area contributed by atoms with Crippen molar-refractivity contribution in [1.82, 2.24) is 14.5 Å². The molecule has 0 aliphatic heterocycles. The Bertz CT molecular complexity index is 515. The molecule has 6 heteroatoms. The zero-order valence-electron chi connectivity index (χ0n) is 9.13. The number of halogens is 1. The van der Waals surface area contributed by atoms with E-state index in [0.717, 1.165) is 21.6 Å². The second-order valence-corrected chi connectivity index (χ2v) is 5.27. The fourth-order valence-electron chi connectivity index (χ4n) is 1.43. The lowest BCUT2D eigenvalue weighted by atomic mass is 10.2. The van der Waals surface area contributed by atoms with Gasteiger partial charge in [0.05, 0.1) is 6.20 Å². The number of rotatable bonds is 3. The van der Waals surface area contributed by atoms with Crippen LogP contribution >= 0.6 is 27.5 Å². The van der Waals surface area contributed by atoms with Crippen molar-refractivity contribution >= 4 is 33.4 Å². The van der Waals surface area contributed by atoms with E-state index in [2.05, 4.69) is 25.5 Å². The molecule has 0 atom stereocenters. The van der Waals surface area contributed by atoms with Crippen LogP contribution in [0.2, 0.25) is 0 Å². The maximum Gasteiger partial charge on any atom is 0.267 e. The Morgan fingerprint density at radius 3 is 3.00 bits per heavy atom. The monoisotopic (exact) mass is 311 g/mol. The number of benzene rings is 1. The molecule has 1 amide bonds. The maximum absolute atomic E-state index is 11.9. The van der Waals surface area contributed by atoms with E-state index in [1.165, 1.54) is 6.20 Å². The zero-order valence-corrected chi connectivity index (χ0v) is 11.5. The SMILES string of the molecule is CN(Cc1cccc(Br)c1)C(=O)c1cnns1. The molecule has 0 bridgehead atoms. The van der Waals surface area contributed by atoms with Crippen molar-refractivity contribution in [2.75, 3.05) is 7.05 Å². The molecular weight excluding hydrogens is 302 g/mol. The summed E-state index contributed by atoms with van der Waals surface area (Å²) in [7, 11) is 1.77. The predicted octanol–water partition coefficient (Wildman–Crippen LogP) is 2.57. The smallest absolute Gasteiger partial charge is 0.267 e. The van der Waals surface area contributed by atoms with Gasteiger partial charge < -0.3 is 4.90 Å². The Hall–Kier alpha value is -1.27. The third kappa shape index (κ3) is 3.10. The lowest BCUT2D eigenvalue weighted by Crippen LogP contribution is -2.25. The molecule has 0 aliphatic rings. The second kappa shape index (κ2) is 5.37. The summed E-state index contributed by atoms with van der Waals surface area (Å²) < 4.78 is 4.69. The van der Waals surface area contributed by atoms with Crippen LogP contribution in [0.1, 0.15) is 15.2 Å². The van der Waals surface area contributed by atoms with Gasteiger partial charge in [-0.15, -0.1) is 5.10 Å². The summed E-state index contributed by atoms with van der Waals surface area (Å²) in [5.74, 6) is -0.0556. The van der Waals surface area contributed by atoms with E-state index in [-0.39, 0.29) is 5.91 Å². The van der Waals surface area contributed by atoms with E-state index in [9.17, 15) is 4.79 Å². The van der Waals surface area contributed by atoms with E-state index in [4.69, 9.17) is 0 Å². The van der Waals surface area contributed by atoms with Gasteiger partial charge in [-0.1, -0.05) is 32.6 Å². The average molecular weight is 312 g/mol. The first-order valence-corrected chi connectivity index (χ1v) is 6.51. The Balaban J connectivity index is 2.07. The largest absolute Gasteiger partial charge is 0.337 e. The third-order valence-corrected chi connectivity index (χ3v) is 3.37. The van der Waals surface area contributed by atoms with Gasteiger partial charge in [0.25, 0.3) is 5.91 Å². The highest BCUT2D eigenvalue weighted by atomic mass is 79.9. The number of hydrogen-bond acceptors (Lipinski definition) is 4. The quantitative estimate of drug-likeness (QED) is 0.875. The summed E-state index contributed by atoms with van der Waals surface area (Å²) in [4.78, 5) is 14.1. The standard InChI is InChI=1S/C11H10BrN3OS/c1-15(11(16)10-6-13-14-17-10)7-8-3-2-4-9(12)5-8/h2-6H,7H2,1H3. The van der Waals surface area contributed by atoms with Crippen LogP contribution in [0.4, 0.5) is 0 Å². The Morgan fingerprint density at radius 2 is 2.35 bits per heavy atom. The van der Waals surface area contributed by atoms with Gasteiger partial charge in [0.15, 0.2) is 0 Å². The summed E-state index contributed by atoms with van der Waals surface area (Å²) in [5, 5.41) is 3.66. The number of aromatic nitrogens is 2. The van der Waals surface area contributed by atoms with E-state index in [1.807, 2.05) is 24.3 Å². The van der Waals surface area contributed by atoms with Gasteiger partial charge in [-0.05, 0) is 29.2 Å². The van der Waals surface area contributed by atoms with E-state index < -0.39 is 0 Å². The highest BCUT2D eigenvalue weighted by Crippen LogP contribution is 2.14. The van der Waals surface area contributed by atoms with E-state index >= 15 is 0 Å². The van der Waals surface area contributed by atoms with Crippen LogP contribution in [0.15, 0.2) is 34.9 Å². The topological polar surface area (TPSA) is 46.1 Å². The fourth-order valence-corrected chi connectivity index (χ4v) is 2.39. The number of nitrogens with zero attached hydrogens (tertiary/aromatic N) is 3. The molecule has 0 N–H and O–H groups in total. The minimum Gasteiger partial charge on any atom is -0.337 e. The molecule has 2 rings (SSSR count). The van der Waals surface area contributed by atoms with Gasteiger partial charge >= 0.3 is 0 Å². The van der Waals surface area contributed by atoms with Gasteiger partial charge in [0, 0.05) is 18.1 Å². The molecule has 0 aliphatic carbocycles. The van der Waals surface area contributed by atoms with Crippen LogP contribution in [0.3, 0.4) is 0 Å². The molecule has 0 spiro atoms. The summed E-state index contributed by atoms with van der Waals surface area (Å²) in [6.45, 7) is 0.566. The molecule has 0 saturated heterocycles. The normalized spacial score (nSPS) is 10.2. The number of carbonyl (C=O) groups excluding carboxylic acids is 1. The Kier molecular flexibility index (Phi) is 3.86. The summed E-state index contributed by atoms with van der Waals surface area (Å²) in [6.07, 6.45) is 1.49. The van der Waals surface area contributed by atoms with Crippen LogP contribution < -0.4 is 0 Å². The first kappa shape index (κ1) is 12.2. The van der Waals surface area contributed by atoms with Crippen molar-refractivity contribution in [2.24, 2.45) is 0 Å². The molecule has 0 saturated carbocycles. The van der Waals surface area contributed by atoms with Gasteiger partial charge in [-0.25, -0.2) is 0 Å². The van der Waals surface area contributed by atoms with Crippen molar-refractivity contribution in [3.8, 4) is 0 Å². The minimum atomic E-state index is -0.0556. The van der Waals surface area contributed by atoms with Crippen LogP contribution in [0.5, 0.6) is 0 Å². The number of amides is 1. The molecule has 17 heavy (non-hydrogen) atoms. The lowest BCUT2D eigenvalue weighted by Gasteiger charge is -2.15. The van der Waals surface area contributed by atoms with Crippen molar-refractivity contribution in [3.05, 3.63) is 45.4 Å². The maximum atomic E-state index is 11.9. The molecule has 1 heterocycles. The van der Waals surface area contributed by atoms with Crippen molar-refractivity contribution < 1.29 is 4.79 Å². The van der Waals surface area contributed by atoms with E-state index in [1.54, 1.807) is 11.9 Å². The Morgan fingerprint density at radius 1 is 1.53 bits per heavy atom. The molecule has 1 aromatic heterocycles. The van der Waals surface area contributed by atoms with Crippen molar-refractivity contribution in [1.29, 1.82) is 0 Å². The highest BCUT2D eigenvalue weighted by Gasteiger charge is 2.14. The van der Waals surface area contributed by atoms with Crippen molar-refractivity contribution in [3.63, 3.8) is 0 Å². The number of hydrogen-bond donors (Lipinski definition) is 0. The Labute approximate surface area is 112 Å². The third-order valence-electron chi connectivity index (χ3n) is 2.23. The average Bonchev–Trinajstić information content (AvgIpc) is 2.81. The molecule has 4 nitrogen and oxygen atoms in total. The van der Waals surface area contributed by atoms with Crippen LogP contribution in [-0.4, -0.2) is 27.4 Å².